The molecular formula is C15H7BrF2N2O. The molecule has 0 aliphatic heterocycles. The molecule has 1 aromatic heterocycles. The van der Waals surface area contributed by atoms with Gasteiger partial charge in [-0.1, -0.05) is 22.0 Å². The summed E-state index contributed by atoms with van der Waals surface area (Å²) in [5, 5.41) is 10.5. The predicted octanol–water partition coefficient (Wildman–Crippen LogP) is 4.06. The highest BCUT2D eigenvalue weighted by molar-refractivity contribution is 9.10. The normalized spacial score (nSPS) is 11.7. The molecule has 0 aliphatic rings. The molecule has 3 aromatic rings. The molecule has 6 heteroatoms. The molecule has 0 amide bonds. The number of aromatic nitrogens is 1. The minimum absolute atomic E-state index is 0.282. The van der Waals surface area contributed by atoms with Gasteiger partial charge in [-0.3, -0.25) is 4.79 Å². The standard InChI is InChI=1S/C15H7BrF2N2O/c16-9-1-2-10-11(5-9)12-6-20-14(21)4-8(12)3-13(10)15(17,18)7-19/h1-6H,(H,20,21). The van der Waals surface area contributed by atoms with Crippen LogP contribution in [0.2, 0.25) is 0 Å². The summed E-state index contributed by atoms with van der Waals surface area (Å²) in [6, 6.07) is 8.31. The van der Waals surface area contributed by atoms with Gasteiger partial charge in [-0.15, -0.1) is 0 Å². The minimum Gasteiger partial charge on any atom is -0.328 e. The first-order chi connectivity index (χ1) is 9.92. The second-order valence-electron chi connectivity index (χ2n) is 4.60. The Kier molecular flexibility index (Phi) is 3.03. The van der Waals surface area contributed by atoms with Crippen molar-refractivity contribution in [2.45, 2.75) is 5.92 Å². The maximum atomic E-state index is 13.9. The molecular weight excluding hydrogens is 342 g/mol. The Bertz CT molecular complexity index is 973. The van der Waals surface area contributed by atoms with Crippen molar-refractivity contribution in [3.8, 4) is 6.07 Å². The summed E-state index contributed by atoms with van der Waals surface area (Å²) >= 11 is 3.30. The summed E-state index contributed by atoms with van der Waals surface area (Å²) < 4.78 is 28.5. The average Bonchev–Trinajstić information content (AvgIpc) is 2.45. The quantitative estimate of drug-likeness (QED) is 0.674. The Labute approximate surface area is 125 Å². The van der Waals surface area contributed by atoms with Crippen LogP contribution >= 0.6 is 15.9 Å². The van der Waals surface area contributed by atoms with Crippen LogP contribution in [0.25, 0.3) is 21.5 Å². The summed E-state index contributed by atoms with van der Waals surface area (Å²) in [6.07, 6.45) is 1.49. The first kappa shape index (κ1) is 13.7. The van der Waals surface area contributed by atoms with Gasteiger partial charge in [0, 0.05) is 27.7 Å². The Morgan fingerprint density at radius 1 is 1.14 bits per heavy atom. The SMILES string of the molecule is N#CC(F)(F)c1cc2cc(=O)[nH]cc2c2cc(Br)ccc12. The van der Waals surface area contributed by atoms with E-state index in [1.807, 2.05) is 0 Å². The molecule has 0 saturated heterocycles. The van der Waals surface area contributed by atoms with E-state index in [1.54, 1.807) is 12.1 Å². The Morgan fingerprint density at radius 3 is 2.62 bits per heavy atom. The van der Waals surface area contributed by atoms with Gasteiger partial charge in [0.25, 0.3) is 0 Å². The number of H-pyrrole nitrogens is 1. The molecule has 1 N–H and O–H groups in total. The second-order valence-corrected chi connectivity index (χ2v) is 5.52. The molecule has 0 radical (unpaired) electrons. The van der Waals surface area contributed by atoms with Crippen LogP contribution in [0.4, 0.5) is 8.78 Å². The van der Waals surface area contributed by atoms with Crippen molar-refractivity contribution in [1.29, 1.82) is 5.26 Å². The van der Waals surface area contributed by atoms with Gasteiger partial charge < -0.3 is 4.98 Å². The summed E-state index contributed by atoms with van der Waals surface area (Å²) in [7, 11) is 0. The van der Waals surface area contributed by atoms with Crippen LogP contribution < -0.4 is 5.56 Å². The smallest absolute Gasteiger partial charge is 0.328 e. The van der Waals surface area contributed by atoms with Crippen molar-refractivity contribution < 1.29 is 8.78 Å². The van der Waals surface area contributed by atoms with Crippen LogP contribution in [0.5, 0.6) is 0 Å². The Balaban J connectivity index is 2.58. The topological polar surface area (TPSA) is 56.6 Å². The third-order valence-electron chi connectivity index (χ3n) is 3.30. The van der Waals surface area contributed by atoms with E-state index in [-0.39, 0.29) is 10.9 Å². The van der Waals surface area contributed by atoms with Gasteiger partial charge in [-0.25, -0.2) is 0 Å². The number of rotatable bonds is 1. The van der Waals surface area contributed by atoms with E-state index in [2.05, 4.69) is 20.9 Å². The number of nitrogens with one attached hydrogen (secondary N) is 1. The van der Waals surface area contributed by atoms with E-state index >= 15 is 0 Å². The van der Waals surface area contributed by atoms with E-state index in [9.17, 15) is 13.6 Å². The highest BCUT2D eigenvalue weighted by atomic mass is 79.9. The highest BCUT2D eigenvalue weighted by Crippen LogP contribution is 2.37. The average molecular weight is 349 g/mol. The molecule has 21 heavy (non-hydrogen) atoms. The third-order valence-corrected chi connectivity index (χ3v) is 3.79. The van der Waals surface area contributed by atoms with Crippen LogP contribution in [0.1, 0.15) is 5.56 Å². The molecule has 0 aliphatic carbocycles. The largest absolute Gasteiger partial charge is 0.358 e. The van der Waals surface area contributed by atoms with Crippen LogP contribution in [0.3, 0.4) is 0 Å². The van der Waals surface area contributed by atoms with E-state index < -0.39 is 11.5 Å². The van der Waals surface area contributed by atoms with Crippen molar-refractivity contribution in [2.75, 3.05) is 0 Å². The first-order valence-electron chi connectivity index (χ1n) is 5.96. The van der Waals surface area contributed by atoms with E-state index in [0.29, 0.717) is 16.2 Å². The summed E-state index contributed by atoms with van der Waals surface area (Å²) in [5.74, 6) is -3.62. The predicted molar refractivity (Wildman–Crippen MR) is 79.3 cm³/mol. The van der Waals surface area contributed by atoms with E-state index in [0.717, 1.165) is 10.5 Å². The van der Waals surface area contributed by atoms with Crippen molar-refractivity contribution in [2.24, 2.45) is 0 Å². The number of hydrogen-bond donors (Lipinski definition) is 1. The van der Waals surface area contributed by atoms with Crippen molar-refractivity contribution in [1.82, 2.24) is 4.98 Å². The molecule has 0 bridgehead atoms. The lowest BCUT2D eigenvalue weighted by molar-refractivity contribution is 0.0631. The van der Waals surface area contributed by atoms with Crippen LogP contribution in [0, 0.1) is 11.3 Å². The van der Waals surface area contributed by atoms with Gasteiger partial charge in [-0.2, -0.15) is 14.0 Å². The maximum Gasteiger partial charge on any atom is 0.358 e. The molecule has 0 spiro atoms. The number of nitriles is 1. The van der Waals surface area contributed by atoms with Crippen molar-refractivity contribution >= 4 is 37.5 Å². The molecule has 0 unspecified atom stereocenters. The number of alkyl halides is 2. The zero-order valence-corrected chi connectivity index (χ0v) is 12.0. The lowest BCUT2D eigenvalue weighted by Gasteiger charge is -2.14. The number of aromatic amines is 1. The number of halogens is 3. The lowest BCUT2D eigenvalue weighted by Crippen LogP contribution is -2.11. The molecule has 3 nitrogen and oxygen atoms in total. The molecule has 104 valence electrons. The Morgan fingerprint density at radius 2 is 1.90 bits per heavy atom. The van der Waals surface area contributed by atoms with Crippen LogP contribution in [-0.2, 0) is 5.92 Å². The van der Waals surface area contributed by atoms with Crippen LogP contribution in [0.15, 0.2) is 45.8 Å². The third kappa shape index (κ3) is 2.20. The van der Waals surface area contributed by atoms with Gasteiger partial charge in [0.2, 0.25) is 5.56 Å². The van der Waals surface area contributed by atoms with Crippen molar-refractivity contribution in [3.63, 3.8) is 0 Å². The number of benzene rings is 2. The minimum atomic E-state index is -3.62. The summed E-state index contributed by atoms with van der Waals surface area (Å²) in [5.41, 5.74) is -0.784. The fraction of sp³-hybridized carbons (Fsp3) is 0.0667. The zero-order valence-electron chi connectivity index (χ0n) is 10.5. The monoisotopic (exact) mass is 348 g/mol. The number of nitrogens with zero attached hydrogens (tertiary/aromatic N) is 1. The summed E-state index contributed by atoms with van der Waals surface area (Å²) in [6.45, 7) is 0. The fourth-order valence-corrected chi connectivity index (χ4v) is 2.73. The van der Waals surface area contributed by atoms with Crippen molar-refractivity contribution in [3.05, 3.63) is 56.9 Å². The zero-order chi connectivity index (χ0) is 15.2. The summed E-state index contributed by atoms with van der Waals surface area (Å²) in [4.78, 5) is 13.9. The lowest BCUT2D eigenvalue weighted by atomic mass is 9.95. The molecule has 1 heterocycles. The number of pyridine rings is 1. The molecule has 3 rings (SSSR count). The highest BCUT2D eigenvalue weighted by Gasteiger charge is 2.33. The molecule has 0 atom stereocenters. The van der Waals surface area contributed by atoms with E-state index in [1.165, 1.54) is 24.4 Å². The fourth-order valence-electron chi connectivity index (χ4n) is 2.37. The number of fused-ring (bicyclic) bond motifs is 3. The second kappa shape index (κ2) is 4.64. The van der Waals surface area contributed by atoms with Gasteiger partial charge in [0.05, 0.1) is 0 Å². The van der Waals surface area contributed by atoms with Gasteiger partial charge in [0.15, 0.2) is 0 Å². The molecule has 0 saturated carbocycles. The Hall–Kier alpha value is -2.26. The molecule has 0 fully saturated rings. The maximum absolute atomic E-state index is 13.9. The van der Waals surface area contributed by atoms with Gasteiger partial charge in [-0.05, 0) is 34.4 Å². The molecule has 2 aromatic carbocycles. The number of hydrogen-bond acceptors (Lipinski definition) is 2. The first-order valence-corrected chi connectivity index (χ1v) is 6.76. The van der Waals surface area contributed by atoms with E-state index in [4.69, 9.17) is 5.26 Å². The van der Waals surface area contributed by atoms with Crippen LogP contribution in [-0.4, -0.2) is 4.98 Å². The van der Waals surface area contributed by atoms with Gasteiger partial charge in [0.1, 0.15) is 6.07 Å². The van der Waals surface area contributed by atoms with Gasteiger partial charge >= 0.3 is 5.92 Å².